The van der Waals surface area contributed by atoms with Gasteiger partial charge in [0.25, 0.3) is 0 Å². The molecule has 0 aliphatic heterocycles. The predicted octanol–water partition coefficient (Wildman–Crippen LogP) is 0.327. The summed E-state index contributed by atoms with van der Waals surface area (Å²) in [7, 11) is 7.15. The monoisotopic (exact) mass is 131 g/mol. The zero-order chi connectivity index (χ0) is 7.65. The van der Waals surface area contributed by atoms with E-state index in [1.54, 1.807) is 21.0 Å². The summed E-state index contributed by atoms with van der Waals surface area (Å²) >= 11 is 0. The fourth-order valence-corrected chi connectivity index (χ4v) is 0.299. The van der Waals surface area contributed by atoms with Crippen LogP contribution in [0.2, 0.25) is 0 Å². The molecule has 0 aromatic carbocycles. The summed E-state index contributed by atoms with van der Waals surface area (Å²) in [4.78, 5) is 10.3. The Labute approximate surface area is 55.5 Å². The van der Waals surface area contributed by atoms with E-state index >= 15 is 0 Å². The van der Waals surface area contributed by atoms with Crippen molar-refractivity contribution in [1.82, 2.24) is 0 Å². The normalized spacial score (nSPS) is 15.1. The van der Waals surface area contributed by atoms with Gasteiger partial charge in [0.2, 0.25) is 0 Å². The zero-order valence-corrected chi connectivity index (χ0v) is 6.09. The number of carboxylic acids is 1. The molecule has 0 saturated carbocycles. The van der Waals surface area contributed by atoms with Crippen LogP contribution in [-0.4, -0.2) is 35.7 Å². The van der Waals surface area contributed by atoms with E-state index in [9.17, 15) is 4.79 Å². The van der Waals surface area contributed by atoms with Gasteiger partial charge in [0.05, 0.1) is 0 Å². The Kier molecular flexibility index (Phi) is 2.20. The molecule has 0 rings (SSSR count). The minimum Gasteiger partial charge on any atom is -0.477 e. The van der Waals surface area contributed by atoms with E-state index in [0.717, 1.165) is 0 Å². The fraction of sp³-hybridized carbons (Fsp3) is 0.667. The van der Waals surface area contributed by atoms with Gasteiger partial charge in [0.15, 0.2) is 6.04 Å². The third-order valence-electron chi connectivity index (χ3n) is 1.41. The first-order valence-corrected chi connectivity index (χ1v) is 2.76. The van der Waals surface area contributed by atoms with Crippen molar-refractivity contribution >= 4 is 5.97 Å². The first kappa shape index (κ1) is 8.43. The lowest BCUT2D eigenvalue weighted by Crippen LogP contribution is -2.45. The number of quaternary nitrogens is 1. The summed E-state index contributed by atoms with van der Waals surface area (Å²) in [6, 6.07) is -0.440. The second kappa shape index (κ2) is 2.35. The number of hydrogen-bond acceptors (Lipinski definition) is 1. The van der Waals surface area contributed by atoms with Gasteiger partial charge in [0, 0.05) is 14.1 Å². The Morgan fingerprint density at radius 2 is 2.00 bits per heavy atom. The van der Waals surface area contributed by atoms with Crippen LogP contribution in [0.1, 0.15) is 6.92 Å². The van der Waals surface area contributed by atoms with Gasteiger partial charge in [-0.3, -0.25) is 0 Å². The van der Waals surface area contributed by atoms with E-state index in [1.807, 2.05) is 0 Å². The maximum Gasteiger partial charge on any atom is 0.359 e. The molecule has 0 heterocycles. The molecule has 0 spiro atoms. The zero-order valence-electron chi connectivity index (χ0n) is 6.09. The quantitative estimate of drug-likeness (QED) is 0.433. The maximum absolute atomic E-state index is 10.3. The van der Waals surface area contributed by atoms with Crippen molar-refractivity contribution in [3.8, 4) is 0 Å². The Morgan fingerprint density at radius 3 is 2.00 bits per heavy atom. The van der Waals surface area contributed by atoms with Crippen molar-refractivity contribution < 1.29 is 14.4 Å². The second-order valence-electron chi connectivity index (χ2n) is 2.79. The largest absolute Gasteiger partial charge is 0.477 e. The average molecular weight is 131 g/mol. The van der Waals surface area contributed by atoms with Crippen LogP contribution < -0.4 is 0 Å². The SMILES string of the molecule is [CH2-][N+](C)(C)C(C)C(=O)O. The van der Waals surface area contributed by atoms with E-state index in [0.29, 0.717) is 0 Å². The predicted molar refractivity (Wildman–Crippen MR) is 34.6 cm³/mol. The van der Waals surface area contributed by atoms with E-state index < -0.39 is 12.0 Å². The molecule has 9 heavy (non-hydrogen) atoms. The van der Waals surface area contributed by atoms with Gasteiger partial charge >= 0.3 is 5.97 Å². The van der Waals surface area contributed by atoms with Crippen LogP contribution in [0.4, 0.5) is 0 Å². The standard InChI is InChI=1S/C6H13NO2/c1-5(6(8)9)7(2,3)4/h5H,2H2,1,3-4H3,(H,8,9). The van der Waals surface area contributed by atoms with Crippen LogP contribution in [0, 0.1) is 7.05 Å². The van der Waals surface area contributed by atoms with Crippen LogP contribution in [0.5, 0.6) is 0 Å². The van der Waals surface area contributed by atoms with Gasteiger partial charge < -0.3 is 9.59 Å². The van der Waals surface area contributed by atoms with Gasteiger partial charge in [-0.2, -0.15) is 0 Å². The number of carbonyl (C=O) groups is 1. The average Bonchev–Trinajstić information content (AvgIpc) is 1.62. The molecule has 3 heteroatoms. The van der Waals surface area contributed by atoms with Gasteiger partial charge in [-0.25, -0.2) is 4.79 Å². The molecule has 0 aromatic rings. The topological polar surface area (TPSA) is 37.3 Å². The Bertz CT molecular complexity index is 115. The number of nitrogens with zero attached hydrogens (tertiary/aromatic N) is 1. The fourth-order valence-electron chi connectivity index (χ4n) is 0.299. The van der Waals surface area contributed by atoms with Gasteiger partial charge in [-0.1, -0.05) is 0 Å². The van der Waals surface area contributed by atoms with Crippen molar-refractivity contribution in [1.29, 1.82) is 0 Å². The Balaban J connectivity index is 4.04. The molecule has 1 unspecified atom stereocenters. The van der Waals surface area contributed by atoms with E-state index in [-0.39, 0.29) is 4.48 Å². The Morgan fingerprint density at radius 1 is 1.67 bits per heavy atom. The molecule has 0 fully saturated rings. The molecule has 1 atom stereocenters. The van der Waals surface area contributed by atoms with E-state index in [2.05, 4.69) is 7.05 Å². The molecule has 0 radical (unpaired) electrons. The number of likely N-dealkylation sites (N-methyl/N-ethyl adjacent to an activating group) is 1. The first-order valence-electron chi connectivity index (χ1n) is 2.76. The molecular weight excluding hydrogens is 118 g/mol. The van der Waals surface area contributed by atoms with Crippen molar-refractivity contribution in [3.05, 3.63) is 7.05 Å². The lowest BCUT2D eigenvalue weighted by Gasteiger charge is -2.36. The number of aliphatic carboxylic acids is 1. The van der Waals surface area contributed by atoms with Gasteiger partial charge in [0.1, 0.15) is 0 Å². The highest BCUT2D eigenvalue weighted by Crippen LogP contribution is 2.02. The molecule has 3 nitrogen and oxygen atoms in total. The highest BCUT2D eigenvalue weighted by molar-refractivity contribution is 5.71. The summed E-state index contributed by atoms with van der Waals surface area (Å²) in [5.41, 5.74) is 0. The van der Waals surface area contributed by atoms with Crippen LogP contribution in [-0.2, 0) is 4.79 Å². The van der Waals surface area contributed by atoms with E-state index in [4.69, 9.17) is 5.11 Å². The van der Waals surface area contributed by atoms with Crippen LogP contribution in [0.3, 0.4) is 0 Å². The lowest BCUT2D eigenvalue weighted by molar-refractivity contribution is -0.860. The summed E-state index contributed by atoms with van der Waals surface area (Å²) in [5.74, 6) is -0.810. The molecular formula is C6H13NO2. The second-order valence-corrected chi connectivity index (χ2v) is 2.79. The Hall–Kier alpha value is -0.570. The molecule has 0 saturated heterocycles. The minimum absolute atomic E-state index is 0.218. The first-order chi connectivity index (χ1) is 3.85. The van der Waals surface area contributed by atoms with Crippen molar-refractivity contribution in [2.24, 2.45) is 0 Å². The summed E-state index contributed by atoms with van der Waals surface area (Å²) in [5, 5.41) is 8.46. The van der Waals surface area contributed by atoms with Crippen LogP contribution >= 0.6 is 0 Å². The van der Waals surface area contributed by atoms with Gasteiger partial charge in [-0.15, -0.1) is 7.05 Å². The lowest BCUT2D eigenvalue weighted by atomic mass is 10.3. The summed E-state index contributed by atoms with van der Waals surface area (Å²) in [6.07, 6.45) is 0. The van der Waals surface area contributed by atoms with Crippen molar-refractivity contribution in [2.45, 2.75) is 13.0 Å². The summed E-state index contributed by atoms with van der Waals surface area (Å²) < 4.78 is 0.218. The molecule has 0 bridgehead atoms. The number of carboxylic acid groups (broad SMARTS) is 1. The molecule has 0 aliphatic rings. The number of rotatable bonds is 2. The van der Waals surface area contributed by atoms with Gasteiger partial charge in [-0.05, 0) is 6.92 Å². The molecule has 1 N–H and O–H groups in total. The number of hydrogen-bond donors (Lipinski definition) is 1. The van der Waals surface area contributed by atoms with Crippen LogP contribution in [0.15, 0.2) is 0 Å². The molecule has 0 amide bonds. The van der Waals surface area contributed by atoms with Crippen LogP contribution in [0.25, 0.3) is 0 Å². The smallest absolute Gasteiger partial charge is 0.359 e. The third kappa shape index (κ3) is 2.46. The molecule has 54 valence electrons. The maximum atomic E-state index is 10.3. The van der Waals surface area contributed by atoms with Crippen molar-refractivity contribution in [3.63, 3.8) is 0 Å². The molecule has 0 aromatic heterocycles. The minimum atomic E-state index is -0.810. The highest BCUT2D eigenvalue weighted by atomic mass is 16.4. The molecule has 0 aliphatic carbocycles. The summed E-state index contributed by atoms with van der Waals surface area (Å²) in [6.45, 7) is 1.63. The van der Waals surface area contributed by atoms with E-state index in [1.165, 1.54) is 0 Å². The van der Waals surface area contributed by atoms with Crippen molar-refractivity contribution in [2.75, 3.05) is 14.1 Å². The third-order valence-corrected chi connectivity index (χ3v) is 1.41. The highest BCUT2D eigenvalue weighted by Gasteiger charge is 2.20.